The highest BCUT2D eigenvalue weighted by Gasteiger charge is 2.10. The van der Waals surface area contributed by atoms with Crippen LogP contribution < -0.4 is 15.6 Å². The normalized spacial score (nSPS) is 10.4. The maximum absolute atomic E-state index is 12.0. The summed E-state index contributed by atoms with van der Waals surface area (Å²) in [5, 5.41) is 2.52. The fourth-order valence-corrected chi connectivity index (χ4v) is 2.64. The Bertz CT molecular complexity index is 971. The Morgan fingerprint density at radius 2 is 1.65 bits per heavy atom. The van der Waals surface area contributed by atoms with Gasteiger partial charge in [0.1, 0.15) is 5.75 Å². The lowest BCUT2D eigenvalue weighted by molar-refractivity contribution is -0.123. The molecule has 0 aliphatic heterocycles. The summed E-state index contributed by atoms with van der Waals surface area (Å²) in [7, 11) is 0. The van der Waals surface area contributed by atoms with Crippen LogP contribution in [0.1, 0.15) is 10.4 Å². The van der Waals surface area contributed by atoms with Crippen LogP contribution in [0.25, 0.3) is 10.8 Å². The maximum Gasteiger partial charge on any atom is 0.276 e. The quantitative estimate of drug-likeness (QED) is 0.664. The van der Waals surface area contributed by atoms with Gasteiger partial charge in [0, 0.05) is 10.9 Å². The number of nitrogens with one attached hydrogen (secondary N) is 2. The zero-order valence-corrected chi connectivity index (χ0v) is 15.0. The number of hydrazine groups is 1. The standard InChI is InChI=1S/C19H14Cl2N2O3/c20-15-9-8-13(10-16(15)21)19(25)23-22-18(24)11-26-17-7-3-5-12-4-1-2-6-14(12)17/h1-10H,11H2,(H,22,24)(H,23,25). The second-order valence-electron chi connectivity index (χ2n) is 5.40. The molecule has 132 valence electrons. The van der Waals surface area contributed by atoms with Crippen molar-refractivity contribution >= 4 is 45.8 Å². The Balaban J connectivity index is 1.55. The maximum atomic E-state index is 12.0. The topological polar surface area (TPSA) is 67.4 Å². The van der Waals surface area contributed by atoms with E-state index >= 15 is 0 Å². The number of ether oxygens (including phenoxy) is 1. The third-order valence-corrected chi connectivity index (χ3v) is 4.34. The first-order valence-corrected chi connectivity index (χ1v) is 8.45. The number of halogens is 2. The Morgan fingerprint density at radius 1 is 0.885 bits per heavy atom. The minimum absolute atomic E-state index is 0.240. The van der Waals surface area contributed by atoms with E-state index in [0.717, 1.165) is 10.8 Å². The van der Waals surface area contributed by atoms with E-state index in [1.165, 1.54) is 18.2 Å². The number of hydrogen-bond donors (Lipinski definition) is 2. The first-order chi connectivity index (χ1) is 12.5. The van der Waals surface area contributed by atoms with E-state index in [1.54, 1.807) is 6.07 Å². The van der Waals surface area contributed by atoms with E-state index < -0.39 is 11.8 Å². The van der Waals surface area contributed by atoms with E-state index in [0.29, 0.717) is 10.8 Å². The van der Waals surface area contributed by atoms with Crippen molar-refractivity contribution in [1.82, 2.24) is 10.9 Å². The zero-order valence-electron chi connectivity index (χ0n) is 13.5. The molecule has 3 aromatic carbocycles. The largest absolute Gasteiger partial charge is 0.483 e. The predicted molar refractivity (Wildman–Crippen MR) is 102 cm³/mol. The molecule has 0 fully saturated rings. The number of amides is 2. The van der Waals surface area contributed by atoms with Crippen LogP contribution in [0.2, 0.25) is 10.0 Å². The van der Waals surface area contributed by atoms with Gasteiger partial charge in [-0.1, -0.05) is 59.6 Å². The lowest BCUT2D eigenvalue weighted by atomic mass is 10.1. The van der Waals surface area contributed by atoms with Crippen molar-refractivity contribution in [1.29, 1.82) is 0 Å². The fourth-order valence-electron chi connectivity index (χ4n) is 2.34. The third kappa shape index (κ3) is 4.25. The molecule has 26 heavy (non-hydrogen) atoms. The number of fused-ring (bicyclic) bond motifs is 1. The summed E-state index contributed by atoms with van der Waals surface area (Å²) in [6.45, 7) is -0.240. The Hall–Kier alpha value is -2.76. The number of benzene rings is 3. The number of carbonyl (C=O) groups is 2. The van der Waals surface area contributed by atoms with Crippen LogP contribution in [-0.4, -0.2) is 18.4 Å². The molecule has 0 bridgehead atoms. The Kier molecular flexibility index (Phi) is 5.61. The van der Waals surface area contributed by atoms with E-state index in [9.17, 15) is 9.59 Å². The Labute approximate surface area is 159 Å². The molecule has 0 aliphatic rings. The fraction of sp³-hybridized carbons (Fsp3) is 0.0526. The van der Waals surface area contributed by atoms with Crippen LogP contribution in [0.3, 0.4) is 0 Å². The van der Waals surface area contributed by atoms with Gasteiger partial charge in [-0.05, 0) is 29.7 Å². The van der Waals surface area contributed by atoms with Crippen molar-refractivity contribution in [3.05, 3.63) is 76.3 Å². The Morgan fingerprint density at radius 3 is 2.46 bits per heavy atom. The van der Waals surface area contributed by atoms with Gasteiger partial charge < -0.3 is 4.74 Å². The highest BCUT2D eigenvalue weighted by molar-refractivity contribution is 6.42. The van der Waals surface area contributed by atoms with Gasteiger partial charge in [-0.2, -0.15) is 0 Å². The van der Waals surface area contributed by atoms with Crippen LogP contribution in [0.15, 0.2) is 60.7 Å². The molecule has 0 saturated carbocycles. The van der Waals surface area contributed by atoms with Crippen LogP contribution in [0.4, 0.5) is 0 Å². The summed E-state index contributed by atoms with van der Waals surface area (Å²) >= 11 is 11.7. The van der Waals surface area contributed by atoms with Gasteiger partial charge in [0.25, 0.3) is 11.8 Å². The molecular weight excluding hydrogens is 375 g/mol. The zero-order chi connectivity index (χ0) is 18.5. The summed E-state index contributed by atoms with van der Waals surface area (Å²) in [5.41, 5.74) is 4.87. The average molecular weight is 389 g/mol. The van der Waals surface area contributed by atoms with E-state index in [2.05, 4.69) is 10.9 Å². The summed E-state index contributed by atoms with van der Waals surface area (Å²) in [4.78, 5) is 23.9. The minimum Gasteiger partial charge on any atom is -0.483 e. The number of carbonyl (C=O) groups excluding carboxylic acids is 2. The number of hydrogen-bond acceptors (Lipinski definition) is 3. The lowest BCUT2D eigenvalue weighted by Crippen LogP contribution is -2.43. The highest BCUT2D eigenvalue weighted by Crippen LogP contribution is 2.25. The van der Waals surface area contributed by atoms with E-state index in [-0.39, 0.29) is 17.2 Å². The van der Waals surface area contributed by atoms with E-state index in [4.69, 9.17) is 27.9 Å². The van der Waals surface area contributed by atoms with Crippen molar-refractivity contribution < 1.29 is 14.3 Å². The molecular formula is C19H14Cl2N2O3. The molecule has 2 amide bonds. The highest BCUT2D eigenvalue weighted by atomic mass is 35.5. The van der Waals surface area contributed by atoms with Crippen molar-refractivity contribution in [2.24, 2.45) is 0 Å². The van der Waals surface area contributed by atoms with Gasteiger partial charge in [0.05, 0.1) is 10.0 Å². The van der Waals surface area contributed by atoms with Crippen LogP contribution in [0, 0.1) is 0 Å². The van der Waals surface area contributed by atoms with Crippen molar-refractivity contribution in [3.63, 3.8) is 0 Å². The summed E-state index contributed by atoms with van der Waals surface area (Å²) in [5.74, 6) is -0.414. The molecule has 2 N–H and O–H groups in total. The molecule has 0 spiro atoms. The molecule has 5 nitrogen and oxygen atoms in total. The third-order valence-electron chi connectivity index (χ3n) is 3.61. The molecule has 3 aromatic rings. The minimum atomic E-state index is -0.512. The average Bonchev–Trinajstić information content (AvgIpc) is 2.66. The first kappa shape index (κ1) is 18.0. The van der Waals surface area contributed by atoms with Gasteiger partial charge >= 0.3 is 0 Å². The lowest BCUT2D eigenvalue weighted by Gasteiger charge is -2.11. The van der Waals surface area contributed by atoms with Gasteiger partial charge in [0.15, 0.2) is 6.61 Å². The van der Waals surface area contributed by atoms with E-state index in [1.807, 2.05) is 36.4 Å². The SMILES string of the molecule is O=C(COc1cccc2ccccc12)NNC(=O)c1ccc(Cl)c(Cl)c1. The predicted octanol–water partition coefficient (Wildman–Crippen LogP) is 3.99. The molecule has 0 atom stereocenters. The molecule has 3 rings (SSSR count). The number of rotatable bonds is 4. The summed E-state index contributed by atoms with van der Waals surface area (Å²) < 4.78 is 5.55. The van der Waals surface area contributed by atoms with Crippen molar-refractivity contribution in [2.75, 3.05) is 6.61 Å². The van der Waals surface area contributed by atoms with Crippen LogP contribution in [-0.2, 0) is 4.79 Å². The second-order valence-corrected chi connectivity index (χ2v) is 6.21. The second kappa shape index (κ2) is 8.08. The first-order valence-electron chi connectivity index (χ1n) is 7.69. The van der Waals surface area contributed by atoms with Crippen molar-refractivity contribution in [2.45, 2.75) is 0 Å². The van der Waals surface area contributed by atoms with Crippen molar-refractivity contribution in [3.8, 4) is 5.75 Å². The smallest absolute Gasteiger partial charge is 0.276 e. The summed E-state index contributed by atoms with van der Waals surface area (Å²) in [6, 6.07) is 17.7. The molecule has 0 unspecified atom stereocenters. The molecule has 0 saturated heterocycles. The van der Waals surface area contributed by atoms with Gasteiger partial charge in [0.2, 0.25) is 0 Å². The molecule has 0 aliphatic carbocycles. The van der Waals surface area contributed by atoms with Gasteiger partial charge in [-0.15, -0.1) is 0 Å². The van der Waals surface area contributed by atoms with Crippen LogP contribution >= 0.6 is 23.2 Å². The molecule has 0 heterocycles. The molecule has 0 aromatic heterocycles. The van der Waals surface area contributed by atoms with Gasteiger partial charge in [-0.25, -0.2) is 0 Å². The monoisotopic (exact) mass is 388 g/mol. The van der Waals surface area contributed by atoms with Crippen LogP contribution in [0.5, 0.6) is 5.75 Å². The molecule has 7 heteroatoms. The summed E-state index contributed by atoms with van der Waals surface area (Å²) in [6.07, 6.45) is 0. The molecule has 0 radical (unpaired) electrons. The van der Waals surface area contributed by atoms with Gasteiger partial charge in [-0.3, -0.25) is 20.4 Å².